The van der Waals surface area contributed by atoms with Crippen LogP contribution in [-0.2, 0) is 30.3 Å². The van der Waals surface area contributed by atoms with Gasteiger partial charge in [-0.1, -0.05) is 35.9 Å². The Morgan fingerprint density at radius 1 is 0.900 bits per heavy atom. The van der Waals surface area contributed by atoms with Gasteiger partial charge in [-0.25, -0.2) is 0 Å². The van der Waals surface area contributed by atoms with Crippen LogP contribution in [0.3, 0.4) is 0 Å². The molecule has 5 heteroatoms. The second kappa shape index (κ2) is 6.74. The number of fused-ring (bicyclic) bond motifs is 4. The SMILES string of the molecule is O=C1C[C@H]2CO[C@@H]3CC[C@H]4C(=C(CCc5ccccc5)C[C@H]5C(=O)OC(=O)[C@H]54)C1=C23. The largest absolute Gasteiger partial charge is 0.393 e. The normalized spacial score (nSPS) is 34.7. The number of hydrogen-bond acceptors (Lipinski definition) is 5. The van der Waals surface area contributed by atoms with Gasteiger partial charge in [0.05, 0.1) is 24.5 Å². The molecule has 0 aromatic heterocycles. The Morgan fingerprint density at radius 3 is 2.57 bits per heavy atom. The van der Waals surface area contributed by atoms with Crippen molar-refractivity contribution >= 4 is 17.7 Å². The van der Waals surface area contributed by atoms with Crippen LogP contribution < -0.4 is 0 Å². The number of Topliss-reactive ketones (excluding diaryl/α,β-unsaturated/α-hetero) is 1. The molecule has 154 valence electrons. The third-order valence-electron chi connectivity index (χ3n) is 7.71. The van der Waals surface area contributed by atoms with E-state index in [0.29, 0.717) is 19.4 Å². The van der Waals surface area contributed by atoms with E-state index >= 15 is 0 Å². The molecule has 2 saturated heterocycles. The Morgan fingerprint density at radius 2 is 1.73 bits per heavy atom. The summed E-state index contributed by atoms with van der Waals surface area (Å²) >= 11 is 0. The van der Waals surface area contributed by atoms with Crippen molar-refractivity contribution in [1.82, 2.24) is 0 Å². The van der Waals surface area contributed by atoms with Gasteiger partial charge in [0.2, 0.25) is 0 Å². The lowest BCUT2D eigenvalue weighted by atomic mass is 9.66. The fourth-order valence-corrected chi connectivity index (χ4v) is 6.46. The summed E-state index contributed by atoms with van der Waals surface area (Å²) in [6.45, 7) is 0.624. The lowest BCUT2D eigenvalue weighted by Gasteiger charge is -2.34. The highest BCUT2D eigenvalue weighted by molar-refractivity contribution is 6.05. The van der Waals surface area contributed by atoms with Crippen molar-refractivity contribution in [3.8, 4) is 0 Å². The molecule has 3 aliphatic carbocycles. The Hall–Kier alpha value is -2.53. The number of carbonyl (C=O) groups is 3. The van der Waals surface area contributed by atoms with Gasteiger partial charge in [0, 0.05) is 17.9 Å². The number of carbonyl (C=O) groups excluding carboxylic acids is 3. The van der Waals surface area contributed by atoms with Gasteiger partial charge in [-0.05, 0) is 54.7 Å². The van der Waals surface area contributed by atoms with Crippen LogP contribution in [0.2, 0.25) is 0 Å². The van der Waals surface area contributed by atoms with E-state index in [1.807, 2.05) is 18.2 Å². The molecule has 1 aromatic carbocycles. The first-order valence-electron chi connectivity index (χ1n) is 11.0. The Balaban J connectivity index is 1.48. The van der Waals surface area contributed by atoms with Gasteiger partial charge in [-0.2, -0.15) is 0 Å². The molecular weight excluding hydrogens is 380 g/mol. The first kappa shape index (κ1) is 18.3. The van der Waals surface area contributed by atoms with E-state index in [1.165, 1.54) is 16.7 Å². The lowest BCUT2D eigenvalue weighted by molar-refractivity contribution is -0.154. The first-order chi connectivity index (χ1) is 14.6. The van der Waals surface area contributed by atoms with E-state index in [0.717, 1.165) is 36.8 Å². The molecule has 0 bridgehead atoms. The molecule has 0 spiro atoms. The predicted octanol–water partition coefficient (Wildman–Crippen LogP) is 3.33. The number of ether oxygens (including phenoxy) is 2. The van der Waals surface area contributed by atoms with Crippen LogP contribution in [0.15, 0.2) is 52.6 Å². The van der Waals surface area contributed by atoms with E-state index in [-0.39, 0.29) is 23.7 Å². The van der Waals surface area contributed by atoms with Crippen LogP contribution in [0, 0.1) is 23.7 Å². The number of benzene rings is 1. The predicted molar refractivity (Wildman–Crippen MR) is 107 cm³/mol. The first-order valence-corrected chi connectivity index (χ1v) is 11.0. The summed E-state index contributed by atoms with van der Waals surface area (Å²) < 4.78 is 11.1. The lowest BCUT2D eigenvalue weighted by Crippen LogP contribution is -2.34. The third-order valence-corrected chi connectivity index (χ3v) is 7.71. The van der Waals surface area contributed by atoms with Crippen LogP contribution >= 0.6 is 0 Å². The number of rotatable bonds is 3. The summed E-state index contributed by atoms with van der Waals surface area (Å²) in [6, 6.07) is 10.3. The average Bonchev–Trinajstić information content (AvgIpc) is 3.32. The fraction of sp³-hybridized carbons (Fsp3) is 0.480. The Labute approximate surface area is 175 Å². The highest BCUT2D eigenvalue weighted by atomic mass is 16.6. The minimum absolute atomic E-state index is 0.0171. The Kier molecular flexibility index (Phi) is 4.10. The zero-order valence-corrected chi connectivity index (χ0v) is 16.8. The molecule has 5 atom stereocenters. The number of hydrogen-bond donors (Lipinski definition) is 0. The van der Waals surface area contributed by atoms with E-state index in [2.05, 4.69) is 12.1 Å². The maximum Gasteiger partial charge on any atom is 0.318 e. The van der Waals surface area contributed by atoms with Gasteiger partial charge >= 0.3 is 11.9 Å². The summed E-state index contributed by atoms with van der Waals surface area (Å²) in [6.07, 6.45) is 4.22. The number of aryl methyl sites for hydroxylation is 1. The highest BCUT2D eigenvalue weighted by Crippen LogP contribution is 2.55. The van der Waals surface area contributed by atoms with Gasteiger partial charge in [-0.3, -0.25) is 14.4 Å². The van der Waals surface area contributed by atoms with Gasteiger partial charge in [0.15, 0.2) is 5.78 Å². The second-order valence-electron chi connectivity index (χ2n) is 9.24. The van der Waals surface area contributed by atoms with Crippen LogP contribution in [0.25, 0.3) is 0 Å². The molecule has 2 aliphatic heterocycles. The van der Waals surface area contributed by atoms with Crippen LogP contribution in [0.4, 0.5) is 0 Å². The Bertz CT molecular complexity index is 1020. The van der Waals surface area contributed by atoms with Gasteiger partial charge < -0.3 is 9.47 Å². The molecule has 2 fully saturated rings. The molecule has 0 radical (unpaired) electrons. The smallest absolute Gasteiger partial charge is 0.318 e. The quantitative estimate of drug-likeness (QED) is 0.571. The van der Waals surface area contributed by atoms with Crippen molar-refractivity contribution in [2.75, 3.05) is 6.61 Å². The summed E-state index contributed by atoms with van der Waals surface area (Å²) in [7, 11) is 0. The molecule has 1 aromatic rings. The van der Waals surface area contributed by atoms with Gasteiger partial charge in [-0.15, -0.1) is 0 Å². The maximum atomic E-state index is 13.1. The van der Waals surface area contributed by atoms with Crippen molar-refractivity contribution < 1.29 is 23.9 Å². The van der Waals surface area contributed by atoms with Gasteiger partial charge in [0.25, 0.3) is 0 Å². The van der Waals surface area contributed by atoms with Crippen LogP contribution in [0.5, 0.6) is 0 Å². The zero-order chi connectivity index (χ0) is 20.4. The standard InChI is InChI=1S/C25H24O5/c26-18-11-15-12-29-19-9-8-16-20(23(18)21(15)19)14(7-6-13-4-2-1-3-5-13)10-17-22(16)25(28)30-24(17)27/h1-5,15-17,19,22H,6-12H2/t15-,16-,17+,19+,22-/m0/s1. The molecule has 6 rings (SSSR count). The van der Waals surface area contributed by atoms with E-state index in [4.69, 9.17) is 9.47 Å². The molecule has 0 unspecified atom stereocenters. The second-order valence-corrected chi connectivity index (χ2v) is 9.24. The summed E-state index contributed by atoms with van der Waals surface area (Å²) in [5.74, 6) is -1.40. The molecule has 2 heterocycles. The maximum absolute atomic E-state index is 13.1. The molecule has 0 N–H and O–H groups in total. The third kappa shape index (κ3) is 2.61. The number of allylic oxidation sites excluding steroid dienone is 3. The molecule has 0 saturated carbocycles. The molecule has 0 amide bonds. The molecule has 30 heavy (non-hydrogen) atoms. The monoisotopic (exact) mass is 404 g/mol. The minimum Gasteiger partial charge on any atom is -0.393 e. The topological polar surface area (TPSA) is 69.7 Å². The molecule has 5 aliphatic rings. The number of cyclic esters (lactones) is 2. The van der Waals surface area contributed by atoms with Crippen molar-refractivity contribution in [1.29, 1.82) is 0 Å². The van der Waals surface area contributed by atoms with Crippen molar-refractivity contribution in [2.45, 2.75) is 44.6 Å². The minimum atomic E-state index is -0.452. The van der Waals surface area contributed by atoms with E-state index < -0.39 is 23.8 Å². The van der Waals surface area contributed by atoms with E-state index in [1.54, 1.807) is 0 Å². The summed E-state index contributed by atoms with van der Waals surface area (Å²) in [5, 5.41) is 0. The molecular formula is C25H24O5. The fourth-order valence-electron chi connectivity index (χ4n) is 6.46. The number of ketones is 1. The van der Waals surface area contributed by atoms with Gasteiger partial charge in [0.1, 0.15) is 0 Å². The van der Waals surface area contributed by atoms with Crippen molar-refractivity contribution in [2.24, 2.45) is 23.7 Å². The average molecular weight is 404 g/mol. The number of esters is 2. The van der Waals surface area contributed by atoms with Crippen LogP contribution in [-0.4, -0.2) is 30.4 Å². The highest BCUT2D eigenvalue weighted by Gasteiger charge is 2.56. The van der Waals surface area contributed by atoms with E-state index in [9.17, 15) is 14.4 Å². The molecule has 5 nitrogen and oxygen atoms in total. The zero-order valence-electron chi connectivity index (χ0n) is 16.8. The van der Waals surface area contributed by atoms with Crippen molar-refractivity contribution in [3.05, 3.63) is 58.2 Å². The summed E-state index contributed by atoms with van der Waals surface area (Å²) in [5.41, 5.74) is 5.48. The van der Waals surface area contributed by atoms with Crippen molar-refractivity contribution in [3.63, 3.8) is 0 Å². The summed E-state index contributed by atoms with van der Waals surface area (Å²) in [4.78, 5) is 38.2. The van der Waals surface area contributed by atoms with Crippen LogP contribution in [0.1, 0.15) is 37.7 Å².